The molecule has 0 fully saturated rings. The predicted octanol–water partition coefficient (Wildman–Crippen LogP) is 3.60. The number of aryl methyl sites for hydroxylation is 1. The van der Waals surface area contributed by atoms with Crippen LogP contribution in [0.5, 0.6) is 5.75 Å². The van der Waals surface area contributed by atoms with Crippen molar-refractivity contribution in [2.24, 2.45) is 0 Å². The van der Waals surface area contributed by atoms with Crippen LogP contribution in [0.3, 0.4) is 0 Å². The fourth-order valence-electron chi connectivity index (χ4n) is 3.12. The van der Waals surface area contributed by atoms with Crippen molar-refractivity contribution in [2.45, 2.75) is 38.3 Å². The van der Waals surface area contributed by atoms with Gasteiger partial charge in [-0.05, 0) is 55.0 Å². The van der Waals surface area contributed by atoms with Crippen LogP contribution in [-0.2, 0) is 12.8 Å². The number of hydrogen-bond acceptors (Lipinski definition) is 2. The predicted molar refractivity (Wildman–Crippen MR) is 81.9 cm³/mol. The van der Waals surface area contributed by atoms with E-state index in [0.29, 0.717) is 17.8 Å². The fraction of sp³-hybridized carbons (Fsp3) is 0.333. The summed E-state index contributed by atoms with van der Waals surface area (Å²) in [6.45, 7) is 2.23. The molecular formula is C18H21NO. The minimum atomic E-state index is 0.332. The van der Waals surface area contributed by atoms with Crippen molar-refractivity contribution in [2.75, 3.05) is 0 Å². The zero-order valence-electron chi connectivity index (χ0n) is 11.8. The van der Waals surface area contributed by atoms with E-state index in [1.54, 1.807) is 12.1 Å². The molecule has 0 saturated carbocycles. The summed E-state index contributed by atoms with van der Waals surface area (Å²) in [6.07, 6.45) is 3.36. The highest BCUT2D eigenvalue weighted by molar-refractivity contribution is 5.34. The number of benzene rings is 2. The van der Waals surface area contributed by atoms with Gasteiger partial charge in [-0.2, -0.15) is 0 Å². The van der Waals surface area contributed by atoms with Gasteiger partial charge in [-0.1, -0.05) is 36.4 Å². The van der Waals surface area contributed by atoms with Crippen LogP contribution in [-0.4, -0.2) is 11.1 Å². The Labute approximate surface area is 120 Å². The standard InChI is InChI=1S/C18H21NO/c1-13(12-14-6-9-16(20)10-7-14)19-18-11-8-15-4-2-3-5-17(15)18/h2-7,9-10,13,18-20H,8,11-12H2,1H3. The Morgan fingerprint density at radius 1 is 1.15 bits per heavy atom. The number of phenols is 1. The molecular weight excluding hydrogens is 246 g/mol. The van der Waals surface area contributed by atoms with Gasteiger partial charge in [0, 0.05) is 12.1 Å². The monoisotopic (exact) mass is 267 g/mol. The summed E-state index contributed by atoms with van der Waals surface area (Å²) in [5.74, 6) is 0.332. The molecule has 0 aromatic heterocycles. The van der Waals surface area contributed by atoms with E-state index in [2.05, 4.69) is 36.5 Å². The molecule has 1 aliphatic carbocycles. The molecule has 2 nitrogen and oxygen atoms in total. The first-order chi connectivity index (χ1) is 9.72. The smallest absolute Gasteiger partial charge is 0.115 e. The molecule has 2 aromatic carbocycles. The maximum Gasteiger partial charge on any atom is 0.115 e. The third-order valence-electron chi connectivity index (χ3n) is 4.10. The van der Waals surface area contributed by atoms with Gasteiger partial charge in [0.15, 0.2) is 0 Å². The lowest BCUT2D eigenvalue weighted by Crippen LogP contribution is -2.31. The van der Waals surface area contributed by atoms with Crippen molar-refractivity contribution in [3.63, 3.8) is 0 Å². The van der Waals surface area contributed by atoms with Gasteiger partial charge in [0.1, 0.15) is 5.75 Å². The number of rotatable bonds is 4. The van der Waals surface area contributed by atoms with E-state index >= 15 is 0 Å². The number of phenolic OH excluding ortho intramolecular Hbond substituents is 1. The van der Waals surface area contributed by atoms with Crippen LogP contribution in [0, 0.1) is 0 Å². The first-order valence-corrected chi connectivity index (χ1v) is 7.34. The second-order valence-corrected chi connectivity index (χ2v) is 5.73. The highest BCUT2D eigenvalue weighted by Crippen LogP contribution is 2.31. The Morgan fingerprint density at radius 2 is 1.90 bits per heavy atom. The second kappa shape index (κ2) is 5.68. The van der Waals surface area contributed by atoms with Gasteiger partial charge in [-0.3, -0.25) is 0 Å². The SMILES string of the molecule is CC(Cc1ccc(O)cc1)NC1CCc2ccccc21. The normalized spacial score (nSPS) is 18.8. The molecule has 2 atom stereocenters. The molecule has 2 heteroatoms. The lowest BCUT2D eigenvalue weighted by molar-refractivity contribution is 0.450. The van der Waals surface area contributed by atoms with Crippen molar-refractivity contribution in [1.82, 2.24) is 5.32 Å². The second-order valence-electron chi connectivity index (χ2n) is 5.73. The largest absolute Gasteiger partial charge is 0.508 e. The molecule has 104 valence electrons. The molecule has 3 rings (SSSR count). The third-order valence-corrected chi connectivity index (χ3v) is 4.10. The van der Waals surface area contributed by atoms with Gasteiger partial charge in [0.25, 0.3) is 0 Å². The number of hydrogen-bond donors (Lipinski definition) is 2. The Balaban J connectivity index is 1.62. The van der Waals surface area contributed by atoms with E-state index in [1.807, 2.05) is 12.1 Å². The summed E-state index contributed by atoms with van der Waals surface area (Å²) in [7, 11) is 0. The van der Waals surface area contributed by atoms with Gasteiger partial charge in [-0.25, -0.2) is 0 Å². The van der Waals surface area contributed by atoms with E-state index in [0.717, 1.165) is 6.42 Å². The summed E-state index contributed by atoms with van der Waals surface area (Å²) < 4.78 is 0. The lowest BCUT2D eigenvalue weighted by Gasteiger charge is -2.20. The van der Waals surface area contributed by atoms with E-state index in [1.165, 1.54) is 29.5 Å². The Hall–Kier alpha value is -1.80. The van der Waals surface area contributed by atoms with Crippen LogP contribution in [0.2, 0.25) is 0 Å². The maximum absolute atomic E-state index is 9.31. The Morgan fingerprint density at radius 3 is 2.70 bits per heavy atom. The van der Waals surface area contributed by atoms with Crippen molar-refractivity contribution in [3.8, 4) is 5.75 Å². The lowest BCUT2D eigenvalue weighted by atomic mass is 10.0. The van der Waals surface area contributed by atoms with E-state index in [9.17, 15) is 5.11 Å². The van der Waals surface area contributed by atoms with Gasteiger partial charge in [-0.15, -0.1) is 0 Å². The fourth-order valence-corrected chi connectivity index (χ4v) is 3.12. The van der Waals surface area contributed by atoms with E-state index in [4.69, 9.17) is 0 Å². The minimum Gasteiger partial charge on any atom is -0.508 e. The number of fused-ring (bicyclic) bond motifs is 1. The third kappa shape index (κ3) is 2.86. The molecule has 0 amide bonds. The van der Waals surface area contributed by atoms with Gasteiger partial charge in [0.05, 0.1) is 0 Å². The van der Waals surface area contributed by atoms with E-state index < -0.39 is 0 Å². The van der Waals surface area contributed by atoms with Gasteiger partial charge < -0.3 is 10.4 Å². The summed E-state index contributed by atoms with van der Waals surface area (Å²) in [4.78, 5) is 0. The van der Waals surface area contributed by atoms with Crippen molar-refractivity contribution in [1.29, 1.82) is 0 Å². The van der Waals surface area contributed by atoms with Crippen molar-refractivity contribution >= 4 is 0 Å². The molecule has 0 saturated heterocycles. The summed E-state index contributed by atoms with van der Waals surface area (Å²) in [6, 6.07) is 17.2. The van der Waals surface area contributed by atoms with Crippen molar-refractivity contribution < 1.29 is 5.11 Å². The molecule has 2 aromatic rings. The molecule has 0 aliphatic heterocycles. The first kappa shape index (κ1) is 13.2. The van der Waals surface area contributed by atoms with Gasteiger partial charge in [0.2, 0.25) is 0 Å². The van der Waals surface area contributed by atoms with Gasteiger partial charge >= 0.3 is 0 Å². The number of nitrogens with one attached hydrogen (secondary N) is 1. The van der Waals surface area contributed by atoms with E-state index in [-0.39, 0.29) is 0 Å². The van der Waals surface area contributed by atoms with Crippen LogP contribution in [0.4, 0.5) is 0 Å². The van der Waals surface area contributed by atoms with Crippen LogP contribution >= 0.6 is 0 Å². The topological polar surface area (TPSA) is 32.3 Å². The molecule has 0 radical (unpaired) electrons. The molecule has 0 heterocycles. The molecule has 2 unspecified atom stereocenters. The van der Waals surface area contributed by atoms with Crippen LogP contribution in [0.1, 0.15) is 36.1 Å². The summed E-state index contributed by atoms with van der Waals surface area (Å²) in [5, 5.41) is 13.0. The van der Waals surface area contributed by atoms with Crippen molar-refractivity contribution in [3.05, 3.63) is 65.2 Å². The summed E-state index contributed by atoms with van der Waals surface area (Å²) in [5.41, 5.74) is 4.21. The summed E-state index contributed by atoms with van der Waals surface area (Å²) >= 11 is 0. The zero-order chi connectivity index (χ0) is 13.9. The van der Waals surface area contributed by atoms with Crippen LogP contribution in [0.25, 0.3) is 0 Å². The first-order valence-electron chi connectivity index (χ1n) is 7.34. The highest BCUT2D eigenvalue weighted by atomic mass is 16.3. The molecule has 1 aliphatic rings. The minimum absolute atomic E-state index is 0.332. The Kier molecular flexibility index (Phi) is 3.75. The average Bonchev–Trinajstić information content (AvgIpc) is 2.85. The quantitative estimate of drug-likeness (QED) is 0.887. The molecule has 0 bridgehead atoms. The number of aromatic hydroxyl groups is 1. The molecule has 20 heavy (non-hydrogen) atoms. The average molecular weight is 267 g/mol. The highest BCUT2D eigenvalue weighted by Gasteiger charge is 2.22. The Bertz CT molecular complexity index is 576. The van der Waals surface area contributed by atoms with Crippen LogP contribution in [0.15, 0.2) is 48.5 Å². The molecule has 0 spiro atoms. The van der Waals surface area contributed by atoms with Crippen LogP contribution < -0.4 is 5.32 Å². The zero-order valence-corrected chi connectivity index (χ0v) is 11.8. The molecule has 2 N–H and O–H groups in total. The maximum atomic E-state index is 9.31.